The zero-order valence-electron chi connectivity index (χ0n) is 32.0. The molecule has 0 saturated heterocycles. The fourth-order valence-electron chi connectivity index (χ4n) is 5.92. The molecule has 0 aromatic carbocycles. The molecule has 0 aliphatic carbocycles. The van der Waals surface area contributed by atoms with Crippen molar-refractivity contribution in [1.82, 2.24) is 4.90 Å². The van der Waals surface area contributed by atoms with Crippen molar-refractivity contribution in [3.63, 3.8) is 0 Å². The van der Waals surface area contributed by atoms with Gasteiger partial charge in [-0.05, 0) is 64.2 Å². The largest absolute Gasteiger partial charge is 0.464 e. The summed E-state index contributed by atoms with van der Waals surface area (Å²) in [6, 6.07) is 0. The maximum Gasteiger partial charge on any atom is 0.305 e. The first-order valence-corrected chi connectivity index (χ1v) is 20.7. The van der Waals surface area contributed by atoms with Gasteiger partial charge in [0.1, 0.15) is 13.2 Å². The molecule has 6 heteroatoms. The van der Waals surface area contributed by atoms with Gasteiger partial charge in [-0.15, -0.1) is 0 Å². The van der Waals surface area contributed by atoms with Gasteiger partial charge in [0.25, 0.3) is 0 Å². The molecule has 0 spiro atoms. The fourth-order valence-corrected chi connectivity index (χ4v) is 5.92. The minimum absolute atomic E-state index is 0.119. The molecular weight excluding hydrogens is 596 g/mol. The predicted octanol–water partition coefficient (Wildman–Crippen LogP) is 11.4. The van der Waals surface area contributed by atoms with Crippen LogP contribution in [0.2, 0.25) is 0 Å². The molecule has 48 heavy (non-hydrogen) atoms. The molecule has 0 saturated carbocycles. The van der Waals surface area contributed by atoms with Gasteiger partial charge in [-0.2, -0.15) is 0 Å². The first-order valence-electron chi connectivity index (χ1n) is 20.7. The number of unbranched alkanes of at least 4 members (excludes halogenated alkanes) is 22. The summed E-state index contributed by atoms with van der Waals surface area (Å²) in [5.74, 6) is -0.238. The SMILES string of the molecule is CCCCCCCC/C=C\CCCCCCCC(=O)OCCN(CCN)CCOC(=O)CCCCCCC/C=C\CCCCCCCC. The molecule has 2 N–H and O–H groups in total. The van der Waals surface area contributed by atoms with Gasteiger partial charge in [-0.3, -0.25) is 14.5 Å². The predicted molar refractivity (Wildman–Crippen MR) is 206 cm³/mol. The Morgan fingerprint density at radius 3 is 1.10 bits per heavy atom. The lowest BCUT2D eigenvalue weighted by Crippen LogP contribution is -2.35. The molecule has 0 aromatic heterocycles. The van der Waals surface area contributed by atoms with Crippen molar-refractivity contribution in [3.05, 3.63) is 24.3 Å². The number of rotatable bonds is 38. The van der Waals surface area contributed by atoms with Crippen molar-refractivity contribution in [1.29, 1.82) is 0 Å². The van der Waals surface area contributed by atoms with E-state index in [2.05, 4.69) is 43.1 Å². The highest BCUT2D eigenvalue weighted by Gasteiger charge is 2.09. The molecular formula is C42H80N2O4. The third-order valence-electron chi connectivity index (χ3n) is 9.07. The summed E-state index contributed by atoms with van der Waals surface area (Å²) < 4.78 is 10.9. The average molecular weight is 677 g/mol. The van der Waals surface area contributed by atoms with Gasteiger partial charge >= 0.3 is 11.9 Å². The van der Waals surface area contributed by atoms with Crippen LogP contribution in [0.15, 0.2) is 24.3 Å². The third-order valence-corrected chi connectivity index (χ3v) is 9.07. The number of nitrogens with two attached hydrogens (primary N) is 1. The molecule has 0 amide bonds. The van der Waals surface area contributed by atoms with Crippen molar-refractivity contribution in [3.8, 4) is 0 Å². The van der Waals surface area contributed by atoms with E-state index in [0.717, 1.165) is 25.7 Å². The molecule has 0 aromatic rings. The lowest BCUT2D eigenvalue weighted by atomic mass is 10.1. The van der Waals surface area contributed by atoms with Crippen molar-refractivity contribution in [2.75, 3.05) is 39.4 Å². The van der Waals surface area contributed by atoms with Crippen LogP contribution in [-0.4, -0.2) is 56.2 Å². The molecule has 0 aliphatic rings. The van der Waals surface area contributed by atoms with Crippen LogP contribution >= 0.6 is 0 Å². The summed E-state index contributed by atoms with van der Waals surface area (Å²) >= 11 is 0. The number of allylic oxidation sites excluding steroid dienone is 4. The van der Waals surface area contributed by atoms with Crippen molar-refractivity contribution in [2.45, 2.75) is 194 Å². The van der Waals surface area contributed by atoms with Crippen molar-refractivity contribution < 1.29 is 19.1 Å². The van der Waals surface area contributed by atoms with Crippen LogP contribution < -0.4 is 5.73 Å². The molecule has 0 unspecified atom stereocenters. The zero-order valence-corrected chi connectivity index (χ0v) is 32.0. The Morgan fingerprint density at radius 1 is 0.458 bits per heavy atom. The Bertz CT molecular complexity index is 681. The molecule has 0 heterocycles. The Labute approximate surface area is 298 Å². The van der Waals surface area contributed by atoms with E-state index in [1.807, 2.05) is 0 Å². The summed E-state index contributed by atoms with van der Waals surface area (Å²) in [4.78, 5) is 26.4. The number of esters is 2. The second-order valence-corrected chi connectivity index (χ2v) is 13.7. The second kappa shape index (κ2) is 39.8. The zero-order chi connectivity index (χ0) is 35.0. The summed E-state index contributed by atoms with van der Waals surface area (Å²) in [6.45, 7) is 7.68. The molecule has 282 valence electrons. The molecule has 0 bridgehead atoms. The molecule has 0 radical (unpaired) electrons. The van der Waals surface area contributed by atoms with Gasteiger partial charge in [0.2, 0.25) is 0 Å². The maximum absolute atomic E-state index is 12.2. The van der Waals surface area contributed by atoms with Crippen LogP contribution in [0.3, 0.4) is 0 Å². The fraction of sp³-hybridized carbons (Fsp3) is 0.857. The number of nitrogens with zero attached hydrogens (tertiary/aromatic N) is 1. The lowest BCUT2D eigenvalue weighted by molar-refractivity contribution is -0.144. The highest BCUT2D eigenvalue weighted by Crippen LogP contribution is 2.12. The van der Waals surface area contributed by atoms with Crippen LogP contribution in [0.4, 0.5) is 0 Å². The van der Waals surface area contributed by atoms with Gasteiger partial charge < -0.3 is 15.2 Å². The smallest absolute Gasteiger partial charge is 0.305 e. The van der Waals surface area contributed by atoms with E-state index in [1.54, 1.807) is 0 Å². The Kier molecular flexibility index (Phi) is 38.4. The standard InChI is InChI=1S/C42H80N2O4/c1-3-5-7-9-11-13-15-17-19-21-23-25-27-29-31-33-41(45)47-39-37-44(36-35-43)38-40-48-42(46)34-32-30-28-26-24-22-20-18-16-14-12-10-8-6-4-2/h17-20H,3-16,21-40,43H2,1-2H3/b19-17-,20-18-. The van der Waals surface area contributed by atoms with E-state index in [4.69, 9.17) is 15.2 Å². The minimum atomic E-state index is -0.119. The van der Waals surface area contributed by atoms with Gasteiger partial charge in [0.15, 0.2) is 0 Å². The summed E-state index contributed by atoms with van der Waals surface area (Å²) in [5.41, 5.74) is 5.77. The molecule has 0 fully saturated rings. The lowest BCUT2D eigenvalue weighted by Gasteiger charge is -2.21. The highest BCUT2D eigenvalue weighted by molar-refractivity contribution is 5.69. The van der Waals surface area contributed by atoms with Crippen LogP contribution in [-0.2, 0) is 19.1 Å². The summed E-state index contributed by atoms with van der Waals surface area (Å²) in [6.07, 6.45) is 42.8. The Hall–Kier alpha value is -1.66. The quantitative estimate of drug-likeness (QED) is 0.0398. The topological polar surface area (TPSA) is 81.9 Å². The van der Waals surface area contributed by atoms with Crippen molar-refractivity contribution >= 4 is 11.9 Å². The summed E-state index contributed by atoms with van der Waals surface area (Å²) in [5, 5.41) is 0. The van der Waals surface area contributed by atoms with E-state index in [9.17, 15) is 9.59 Å². The number of hydrogen-bond donors (Lipinski definition) is 1. The van der Waals surface area contributed by atoms with Gasteiger partial charge in [0, 0.05) is 39.0 Å². The Balaban J connectivity index is 3.63. The van der Waals surface area contributed by atoms with E-state index in [0.29, 0.717) is 52.2 Å². The van der Waals surface area contributed by atoms with Gasteiger partial charge in [-0.1, -0.05) is 141 Å². The Morgan fingerprint density at radius 2 is 0.771 bits per heavy atom. The van der Waals surface area contributed by atoms with Gasteiger partial charge in [0.05, 0.1) is 0 Å². The molecule has 0 atom stereocenters. The first-order chi connectivity index (χ1) is 23.6. The van der Waals surface area contributed by atoms with Crippen molar-refractivity contribution in [2.24, 2.45) is 5.73 Å². The van der Waals surface area contributed by atoms with E-state index in [1.165, 1.54) is 141 Å². The number of ether oxygens (including phenoxy) is 2. The number of carbonyl (C=O) groups is 2. The third kappa shape index (κ3) is 37.2. The van der Waals surface area contributed by atoms with E-state index < -0.39 is 0 Å². The van der Waals surface area contributed by atoms with E-state index >= 15 is 0 Å². The first kappa shape index (κ1) is 46.3. The normalized spacial score (nSPS) is 11.8. The maximum atomic E-state index is 12.2. The minimum Gasteiger partial charge on any atom is -0.464 e. The molecule has 0 rings (SSSR count). The van der Waals surface area contributed by atoms with Crippen LogP contribution in [0, 0.1) is 0 Å². The van der Waals surface area contributed by atoms with E-state index in [-0.39, 0.29) is 11.9 Å². The molecule has 6 nitrogen and oxygen atoms in total. The highest BCUT2D eigenvalue weighted by atomic mass is 16.5. The number of hydrogen-bond acceptors (Lipinski definition) is 6. The van der Waals surface area contributed by atoms with Crippen LogP contribution in [0.1, 0.15) is 194 Å². The monoisotopic (exact) mass is 677 g/mol. The summed E-state index contributed by atoms with van der Waals surface area (Å²) in [7, 11) is 0. The average Bonchev–Trinajstić information content (AvgIpc) is 3.08. The van der Waals surface area contributed by atoms with Crippen LogP contribution in [0.5, 0.6) is 0 Å². The molecule has 0 aliphatic heterocycles. The second-order valence-electron chi connectivity index (χ2n) is 13.7. The van der Waals surface area contributed by atoms with Crippen LogP contribution in [0.25, 0.3) is 0 Å². The van der Waals surface area contributed by atoms with Gasteiger partial charge in [-0.25, -0.2) is 0 Å². The number of carbonyl (C=O) groups excluding carboxylic acids is 2.